The summed E-state index contributed by atoms with van der Waals surface area (Å²) in [6.07, 6.45) is 3.33. The molecule has 0 bridgehead atoms. The second kappa shape index (κ2) is 8.60. The molecule has 2 aromatic carbocycles. The first-order chi connectivity index (χ1) is 12.5. The van der Waals surface area contributed by atoms with Crippen molar-refractivity contribution in [1.82, 2.24) is 0 Å². The number of hydrogen-bond acceptors (Lipinski definition) is 3. The van der Waals surface area contributed by atoms with Gasteiger partial charge in [0, 0.05) is 23.8 Å². The largest absolute Gasteiger partial charge is 0.482 e. The first-order valence-corrected chi connectivity index (χ1v) is 9.21. The Morgan fingerprint density at radius 2 is 1.88 bits per heavy atom. The van der Waals surface area contributed by atoms with Gasteiger partial charge >= 0.3 is 0 Å². The number of piperidine rings is 1. The molecule has 26 heavy (non-hydrogen) atoms. The monoisotopic (exact) mass is 396 g/mol. The van der Waals surface area contributed by atoms with Gasteiger partial charge in [-0.15, -0.1) is 0 Å². The number of carbonyl (C=O) groups is 1. The predicted molar refractivity (Wildman–Crippen MR) is 103 cm³/mol. The topological polar surface area (TPSA) is 41.6 Å². The molecule has 0 unspecified atom stereocenters. The lowest BCUT2D eigenvalue weighted by molar-refractivity contribution is -0.118. The second-order valence-corrected chi connectivity index (χ2v) is 6.97. The Hall–Kier alpha value is -1.98. The maximum absolute atomic E-state index is 14.4. The van der Waals surface area contributed by atoms with Crippen molar-refractivity contribution < 1.29 is 13.9 Å². The molecule has 0 aromatic heterocycles. The third-order valence-electron chi connectivity index (χ3n) is 4.18. The number of nitrogens with one attached hydrogen (secondary N) is 1. The fraction of sp³-hybridized carbons (Fsp3) is 0.316. The van der Waals surface area contributed by atoms with E-state index >= 15 is 0 Å². The van der Waals surface area contributed by atoms with Gasteiger partial charge in [0.2, 0.25) is 0 Å². The van der Waals surface area contributed by atoms with Crippen LogP contribution in [0.25, 0.3) is 0 Å². The van der Waals surface area contributed by atoms with Crippen LogP contribution in [-0.4, -0.2) is 25.6 Å². The van der Waals surface area contributed by atoms with E-state index in [1.54, 1.807) is 24.3 Å². The third kappa shape index (κ3) is 4.80. The molecule has 0 atom stereocenters. The van der Waals surface area contributed by atoms with Crippen LogP contribution in [0.2, 0.25) is 10.0 Å². The van der Waals surface area contributed by atoms with Crippen molar-refractivity contribution in [2.24, 2.45) is 0 Å². The number of rotatable bonds is 5. The van der Waals surface area contributed by atoms with Gasteiger partial charge < -0.3 is 15.0 Å². The molecule has 138 valence electrons. The minimum Gasteiger partial charge on any atom is -0.482 e. The van der Waals surface area contributed by atoms with Crippen LogP contribution in [0.1, 0.15) is 19.3 Å². The average molecular weight is 397 g/mol. The van der Waals surface area contributed by atoms with Gasteiger partial charge in [0.05, 0.1) is 10.7 Å². The van der Waals surface area contributed by atoms with Crippen molar-refractivity contribution in [2.45, 2.75) is 19.3 Å². The van der Waals surface area contributed by atoms with Gasteiger partial charge in [-0.05, 0) is 55.7 Å². The van der Waals surface area contributed by atoms with Crippen LogP contribution in [0.4, 0.5) is 15.8 Å². The quantitative estimate of drug-likeness (QED) is 0.760. The zero-order valence-electron chi connectivity index (χ0n) is 14.1. The summed E-state index contributed by atoms with van der Waals surface area (Å²) in [6, 6.07) is 9.47. The fourth-order valence-corrected chi connectivity index (χ4v) is 3.37. The van der Waals surface area contributed by atoms with E-state index in [1.165, 1.54) is 18.6 Å². The van der Waals surface area contributed by atoms with E-state index < -0.39 is 5.91 Å². The standard InChI is InChI=1S/C19H19Cl2FN2O2/c20-13-4-7-18(15(21)10-13)26-12-19(25)23-14-5-6-17(16(22)11-14)24-8-2-1-3-9-24/h4-7,10-11H,1-3,8-9,12H2,(H,23,25). The zero-order chi connectivity index (χ0) is 18.5. The summed E-state index contributed by atoms with van der Waals surface area (Å²) in [5.74, 6) is -0.384. The number of halogens is 3. The average Bonchev–Trinajstić information content (AvgIpc) is 2.62. The minimum absolute atomic E-state index is 0.239. The third-order valence-corrected chi connectivity index (χ3v) is 4.71. The molecule has 4 nitrogen and oxygen atoms in total. The molecule has 7 heteroatoms. The Labute approximate surface area is 161 Å². The van der Waals surface area contributed by atoms with Crippen LogP contribution in [-0.2, 0) is 4.79 Å². The predicted octanol–water partition coefficient (Wildman–Crippen LogP) is 5.14. The molecule has 0 spiro atoms. The molecule has 0 aliphatic carbocycles. The first-order valence-electron chi connectivity index (χ1n) is 8.45. The highest BCUT2D eigenvalue weighted by Crippen LogP contribution is 2.28. The molecular weight excluding hydrogens is 378 g/mol. The van der Waals surface area contributed by atoms with E-state index in [-0.39, 0.29) is 12.4 Å². The number of benzene rings is 2. The molecule has 2 aromatic rings. The lowest BCUT2D eigenvalue weighted by atomic mass is 10.1. The molecule has 0 radical (unpaired) electrons. The van der Waals surface area contributed by atoms with Crippen LogP contribution >= 0.6 is 23.2 Å². The molecule has 1 heterocycles. The molecule has 1 aliphatic heterocycles. The van der Waals surface area contributed by atoms with Crippen LogP contribution in [0, 0.1) is 5.82 Å². The lowest BCUT2D eigenvalue weighted by Gasteiger charge is -2.29. The van der Waals surface area contributed by atoms with Crippen molar-refractivity contribution in [3.05, 3.63) is 52.3 Å². The van der Waals surface area contributed by atoms with E-state index in [1.807, 2.05) is 4.90 Å². The summed E-state index contributed by atoms with van der Waals surface area (Å²) in [7, 11) is 0. The summed E-state index contributed by atoms with van der Waals surface area (Å²) in [4.78, 5) is 14.1. The van der Waals surface area contributed by atoms with Gasteiger partial charge in [0.15, 0.2) is 6.61 Å². The Bertz CT molecular complexity index is 795. The molecule has 1 saturated heterocycles. The van der Waals surface area contributed by atoms with Crippen molar-refractivity contribution in [3.63, 3.8) is 0 Å². The van der Waals surface area contributed by atoms with Crippen LogP contribution in [0.3, 0.4) is 0 Å². The number of carbonyl (C=O) groups excluding carboxylic acids is 1. The maximum atomic E-state index is 14.4. The number of hydrogen-bond donors (Lipinski definition) is 1. The normalized spacial score (nSPS) is 14.2. The molecule has 0 saturated carbocycles. The van der Waals surface area contributed by atoms with Crippen molar-refractivity contribution >= 4 is 40.5 Å². The Morgan fingerprint density at radius 1 is 1.12 bits per heavy atom. The maximum Gasteiger partial charge on any atom is 0.262 e. The summed E-state index contributed by atoms with van der Waals surface area (Å²) in [5, 5.41) is 3.43. The van der Waals surface area contributed by atoms with Gasteiger partial charge in [-0.1, -0.05) is 23.2 Å². The number of amides is 1. The lowest BCUT2D eigenvalue weighted by Crippen LogP contribution is -2.30. The Kier molecular flexibility index (Phi) is 6.22. The highest BCUT2D eigenvalue weighted by atomic mass is 35.5. The molecule has 1 N–H and O–H groups in total. The molecule has 1 fully saturated rings. The Morgan fingerprint density at radius 3 is 2.58 bits per heavy atom. The first kappa shape index (κ1) is 18.8. The summed E-state index contributed by atoms with van der Waals surface area (Å²) < 4.78 is 19.7. The number of nitrogens with zero attached hydrogens (tertiary/aromatic N) is 1. The van der Waals surface area contributed by atoms with Gasteiger partial charge in [-0.2, -0.15) is 0 Å². The fourth-order valence-electron chi connectivity index (χ4n) is 2.91. The summed E-state index contributed by atoms with van der Waals surface area (Å²) in [5.41, 5.74) is 0.964. The van der Waals surface area contributed by atoms with Crippen molar-refractivity contribution in [2.75, 3.05) is 29.9 Å². The van der Waals surface area contributed by atoms with Gasteiger partial charge in [0.1, 0.15) is 11.6 Å². The van der Waals surface area contributed by atoms with Crippen LogP contribution in [0.5, 0.6) is 5.75 Å². The van der Waals surface area contributed by atoms with E-state index in [0.717, 1.165) is 25.9 Å². The number of ether oxygens (including phenoxy) is 1. The summed E-state index contributed by atoms with van der Waals surface area (Å²) >= 11 is 11.8. The molecular formula is C19H19Cl2FN2O2. The highest BCUT2D eigenvalue weighted by Gasteiger charge is 2.15. The molecule has 1 amide bonds. The van der Waals surface area contributed by atoms with E-state index in [9.17, 15) is 9.18 Å². The van der Waals surface area contributed by atoms with E-state index in [2.05, 4.69) is 5.32 Å². The highest BCUT2D eigenvalue weighted by molar-refractivity contribution is 6.35. The SMILES string of the molecule is O=C(COc1ccc(Cl)cc1Cl)Nc1ccc(N2CCCCC2)c(F)c1. The Balaban J connectivity index is 1.57. The molecule has 1 aliphatic rings. The molecule has 3 rings (SSSR count). The van der Waals surface area contributed by atoms with Crippen molar-refractivity contribution in [3.8, 4) is 5.75 Å². The van der Waals surface area contributed by atoms with E-state index in [0.29, 0.717) is 27.2 Å². The number of anilines is 2. The van der Waals surface area contributed by atoms with Gasteiger partial charge in [-0.25, -0.2) is 4.39 Å². The second-order valence-electron chi connectivity index (χ2n) is 6.13. The smallest absolute Gasteiger partial charge is 0.262 e. The minimum atomic E-state index is -0.402. The van der Waals surface area contributed by atoms with E-state index in [4.69, 9.17) is 27.9 Å². The van der Waals surface area contributed by atoms with Gasteiger partial charge in [-0.3, -0.25) is 4.79 Å². The summed E-state index contributed by atoms with van der Waals surface area (Å²) in [6.45, 7) is 1.48. The zero-order valence-corrected chi connectivity index (χ0v) is 15.6. The van der Waals surface area contributed by atoms with Crippen LogP contribution in [0.15, 0.2) is 36.4 Å². The van der Waals surface area contributed by atoms with Crippen molar-refractivity contribution in [1.29, 1.82) is 0 Å². The van der Waals surface area contributed by atoms with Crippen LogP contribution < -0.4 is 15.0 Å². The van der Waals surface area contributed by atoms with Gasteiger partial charge in [0.25, 0.3) is 5.91 Å².